The molecular weight excluding hydrogens is 210 g/mol. The van der Waals surface area contributed by atoms with Gasteiger partial charge in [0.1, 0.15) is 0 Å². The van der Waals surface area contributed by atoms with Crippen LogP contribution in [0, 0.1) is 13.8 Å². The number of fused-ring (bicyclic) bond motifs is 1. The van der Waals surface area contributed by atoms with E-state index >= 15 is 0 Å². The summed E-state index contributed by atoms with van der Waals surface area (Å²) in [6.07, 6.45) is 6.45. The van der Waals surface area contributed by atoms with Crippen LogP contribution in [0.1, 0.15) is 51.8 Å². The van der Waals surface area contributed by atoms with Crippen molar-refractivity contribution in [3.63, 3.8) is 0 Å². The van der Waals surface area contributed by atoms with Gasteiger partial charge < -0.3 is 0 Å². The van der Waals surface area contributed by atoms with Crippen LogP contribution in [0.3, 0.4) is 0 Å². The molecule has 0 N–H and O–H groups in total. The lowest BCUT2D eigenvalue weighted by Crippen LogP contribution is -1.90. The van der Waals surface area contributed by atoms with Crippen LogP contribution in [0.4, 0.5) is 0 Å². The average Bonchev–Trinajstić information content (AvgIpc) is 2.71. The summed E-state index contributed by atoms with van der Waals surface area (Å²) in [5, 5.41) is 4.23. The van der Waals surface area contributed by atoms with E-state index in [1.54, 1.807) is 4.52 Å². The molecule has 3 nitrogen and oxygen atoms in total. The third kappa shape index (κ3) is 5.48. The monoisotopic (exact) mass is 235 g/mol. The van der Waals surface area contributed by atoms with Gasteiger partial charge in [-0.2, -0.15) is 5.10 Å². The van der Waals surface area contributed by atoms with Gasteiger partial charge in [-0.25, -0.2) is 9.50 Å². The predicted molar refractivity (Wildman–Crippen MR) is 74.4 cm³/mol. The molecule has 0 spiro atoms. The number of unbranched alkanes of at least 4 members (excludes halogenated alkanes) is 1. The summed E-state index contributed by atoms with van der Waals surface area (Å²) in [4.78, 5) is 4.20. The van der Waals surface area contributed by atoms with E-state index in [0.717, 1.165) is 16.9 Å². The molecule has 0 saturated carbocycles. The summed E-state index contributed by atoms with van der Waals surface area (Å²) in [5.41, 5.74) is 3.04. The van der Waals surface area contributed by atoms with E-state index in [1.165, 1.54) is 12.8 Å². The Balaban J connectivity index is 0.000000368. The molecule has 0 amide bonds. The summed E-state index contributed by atoms with van der Waals surface area (Å²) in [6, 6.07) is 1.96. The topological polar surface area (TPSA) is 30.2 Å². The van der Waals surface area contributed by atoms with Crippen molar-refractivity contribution in [2.24, 2.45) is 0 Å². The van der Waals surface area contributed by atoms with Crippen LogP contribution in [-0.4, -0.2) is 14.6 Å². The van der Waals surface area contributed by atoms with E-state index in [0.29, 0.717) is 0 Å². The highest BCUT2D eigenvalue weighted by molar-refractivity contribution is 5.38. The average molecular weight is 235 g/mol. The molecule has 0 aromatic carbocycles. The molecule has 2 rings (SSSR count). The van der Waals surface area contributed by atoms with Crippen LogP contribution < -0.4 is 0 Å². The number of aryl methyl sites for hydroxylation is 2. The molecule has 17 heavy (non-hydrogen) atoms. The summed E-state index contributed by atoms with van der Waals surface area (Å²) in [7, 11) is 0. The standard InChI is InChI=1S/C8H9N3.C4H10.C2H6/c1-6-4-9-8-3-7(2)10-11(8)5-6;1-3-4-2;1-2/h3-5H,1-2H3;3-4H2,1-2H3;1-2H3. The molecule has 2 aromatic rings. The van der Waals surface area contributed by atoms with Gasteiger partial charge in [0.25, 0.3) is 0 Å². The second-order valence-electron chi connectivity index (χ2n) is 3.72. The third-order valence-corrected chi connectivity index (χ3v) is 2.06. The van der Waals surface area contributed by atoms with E-state index in [4.69, 9.17) is 0 Å². The molecule has 0 aliphatic rings. The normalized spacial score (nSPS) is 9.06. The highest BCUT2D eigenvalue weighted by atomic mass is 15.2. The Labute approximate surface area is 105 Å². The van der Waals surface area contributed by atoms with E-state index < -0.39 is 0 Å². The maximum Gasteiger partial charge on any atom is 0.155 e. The summed E-state index contributed by atoms with van der Waals surface area (Å²) < 4.78 is 1.80. The van der Waals surface area contributed by atoms with E-state index in [2.05, 4.69) is 23.9 Å². The molecule has 0 aliphatic carbocycles. The number of rotatable bonds is 1. The SMILES string of the molecule is CC.CCCC.Cc1cnc2cc(C)nn2c1. The summed E-state index contributed by atoms with van der Waals surface area (Å²) in [5.74, 6) is 0. The van der Waals surface area contributed by atoms with Crippen LogP contribution in [0.5, 0.6) is 0 Å². The molecule has 3 heteroatoms. The Morgan fingerprint density at radius 2 is 1.71 bits per heavy atom. The van der Waals surface area contributed by atoms with Gasteiger partial charge in [0, 0.05) is 18.5 Å². The molecular formula is C14H25N3. The minimum atomic E-state index is 0.910. The number of nitrogens with zero attached hydrogens (tertiary/aromatic N) is 3. The van der Waals surface area contributed by atoms with Gasteiger partial charge in [-0.1, -0.05) is 40.5 Å². The lowest BCUT2D eigenvalue weighted by Gasteiger charge is -1.91. The number of aromatic nitrogens is 3. The van der Waals surface area contributed by atoms with Crippen molar-refractivity contribution >= 4 is 5.65 Å². The Morgan fingerprint density at radius 3 is 2.24 bits per heavy atom. The van der Waals surface area contributed by atoms with Crippen LogP contribution in [0.15, 0.2) is 18.5 Å². The Hall–Kier alpha value is -1.38. The lowest BCUT2D eigenvalue weighted by molar-refractivity contribution is 0.886. The second kappa shape index (κ2) is 8.74. The number of hydrogen-bond acceptors (Lipinski definition) is 2. The van der Waals surface area contributed by atoms with Crippen LogP contribution in [0.2, 0.25) is 0 Å². The van der Waals surface area contributed by atoms with E-state index in [-0.39, 0.29) is 0 Å². The Morgan fingerprint density at radius 1 is 1.12 bits per heavy atom. The van der Waals surface area contributed by atoms with E-state index in [9.17, 15) is 0 Å². The van der Waals surface area contributed by atoms with Crippen LogP contribution >= 0.6 is 0 Å². The van der Waals surface area contributed by atoms with Gasteiger partial charge in [0.15, 0.2) is 5.65 Å². The first kappa shape index (κ1) is 15.6. The van der Waals surface area contributed by atoms with Gasteiger partial charge in [0.05, 0.1) is 5.69 Å². The van der Waals surface area contributed by atoms with Crippen molar-refractivity contribution < 1.29 is 0 Å². The molecule has 0 fully saturated rings. The van der Waals surface area contributed by atoms with Gasteiger partial charge in [-0.15, -0.1) is 0 Å². The smallest absolute Gasteiger partial charge is 0.155 e. The largest absolute Gasteiger partial charge is 0.237 e. The van der Waals surface area contributed by atoms with Gasteiger partial charge >= 0.3 is 0 Å². The van der Waals surface area contributed by atoms with Gasteiger partial charge in [-0.3, -0.25) is 0 Å². The van der Waals surface area contributed by atoms with Crippen molar-refractivity contribution in [1.29, 1.82) is 0 Å². The first-order chi connectivity index (χ1) is 8.17. The Kier molecular flexibility index (Phi) is 8.03. The number of hydrogen-bond donors (Lipinski definition) is 0. The predicted octanol–water partition coefficient (Wildman–Crippen LogP) is 4.18. The molecule has 0 aliphatic heterocycles. The van der Waals surface area contributed by atoms with E-state index in [1.807, 2.05) is 46.2 Å². The molecule has 0 saturated heterocycles. The fraction of sp³-hybridized carbons (Fsp3) is 0.571. The summed E-state index contributed by atoms with van der Waals surface area (Å²) in [6.45, 7) is 12.3. The third-order valence-electron chi connectivity index (χ3n) is 2.06. The van der Waals surface area contributed by atoms with Crippen molar-refractivity contribution in [3.8, 4) is 0 Å². The molecule has 2 heterocycles. The van der Waals surface area contributed by atoms with Gasteiger partial charge in [-0.05, 0) is 19.4 Å². The minimum Gasteiger partial charge on any atom is -0.237 e. The zero-order valence-electron chi connectivity index (χ0n) is 12.0. The first-order valence-electron chi connectivity index (χ1n) is 6.46. The van der Waals surface area contributed by atoms with Crippen molar-refractivity contribution in [2.45, 2.75) is 54.4 Å². The molecule has 0 bridgehead atoms. The highest BCUT2D eigenvalue weighted by Gasteiger charge is 1.96. The van der Waals surface area contributed by atoms with Crippen molar-refractivity contribution in [3.05, 3.63) is 29.7 Å². The zero-order valence-corrected chi connectivity index (χ0v) is 12.0. The first-order valence-corrected chi connectivity index (χ1v) is 6.46. The minimum absolute atomic E-state index is 0.910. The van der Waals surface area contributed by atoms with Crippen LogP contribution in [-0.2, 0) is 0 Å². The maximum atomic E-state index is 4.23. The summed E-state index contributed by atoms with van der Waals surface area (Å²) >= 11 is 0. The Bertz CT molecular complexity index is 416. The van der Waals surface area contributed by atoms with Crippen molar-refractivity contribution in [2.75, 3.05) is 0 Å². The molecule has 0 unspecified atom stereocenters. The maximum absolute atomic E-state index is 4.23. The molecule has 0 atom stereocenters. The molecule has 0 radical (unpaired) electrons. The lowest BCUT2D eigenvalue weighted by atomic mass is 10.4. The van der Waals surface area contributed by atoms with Crippen LogP contribution in [0.25, 0.3) is 5.65 Å². The second-order valence-corrected chi connectivity index (χ2v) is 3.72. The molecule has 2 aromatic heterocycles. The quantitative estimate of drug-likeness (QED) is 0.742. The zero-order chi connectivity index (χ0) is 13.3. The molecule has 96 valence electrons. The fourth-order valence-corrected chi connectivity index (χ4v) is 1.09. The van der Waals surface area contributed by atoms with Crippen molar-refractivity contribution in [1.82, 2.24) is 14.6 Å². The fourth-order valence-electron chi connectivity index (χ4n) is 1.09. The highest BCUT2D eigenvalue weighted by Crippen LogP contribution is 2.02. The van der Waals surface area contributed by atoms with Gasteiger partial charge in [0.2, 0.25) is 0 Å².